The molecule has 0 aliphatic carbocycles. The fourth-order valence-electron chi connectivity index (χ4n) is 1.09. The Morgan fingerprint density at radius 3 is 2.67 bits per heavy atom. The van der Waals surface area contributed by atoms with E-state index in [-0.39, 0.29) is 10.7 Å². The molecule has 0 saturated heterocycles. The number of nitrogens with two attached hydrogens (primary N) is 1. The summed E-state index contributed by atoms with van der Waals surface area (Å²) in [6.45, 7) is 1.09. The summed E-state index contributed by atoms with van der Waals surface area (Å²) < 4.78 is 5.40. The van der Waals surface area contributed by atoms with Crippen molar-refractivity contribution in [2.24, 2.45) is 5.73 Å². The van der Waals surface area contributed by atoms with Gasteiger partial charge in [-0.05, 0) is 12.0 Å². The fraction of sp³-hybridized carbons (Fsp3) is 0.364. The first-order valence-corrected chi connectivity index (χ1v) is 5.67. The highest BCUT2D eigenvalue weighted by Crippen LogP contribution is 2.06. The van der Waals surface area contributed by atoms with E-state index in [9.17, 15) is 4.79 Å². The maximum absolute atomic E-state index is 10.7. The monoisotopic (exact) mass is 271 g/mol. The smallest absolute Gasteiger partial charge is 0.231 e. The average molecular weight is 272 g/mol. The number of carbonyl (C=O) groups excluding carboxylic acids is 1. The van der Waals surface area contributed by atoms with Gasteiger partial charge in [-0.3, -0.25) is 4.79 Å². The summed E-state index contributed by atoms with van der Waals surface area (Å²) in [7, 11) is 0. The molecule has 1 aromatic carbocycles. The molecule has 0 aliphatic rings. The van der Waals surface area contributed by atoms with E-state index in [1.807, 2.05) is 30.3 Å². The number of benzene rings is 1. The van der Waals surface area contributed by atoms with Crippen LogP contribution in [0.2, 0.25) is 0 Å². The number of primary amides is 1. The van der Waals surface area contributed by atoms with Gasteiger partial charge in [-0.25, -0.2) is 0 Å². The molecule has 2 N–H and O–H groups in total. The van der Waals surface area contributed by atoms with Gasteiger partial charge in [-0.2, -0.15) is 0 Å². The largest absolute Gasteiger partial charge is 0.377 e. The predicted molar refractivity (Wildman–Crippen MR) is 62.6 cm³/mol. The van der Waals surface area contributed by atoms with Crippen LogP contribution in [0.4, 0.5) is 0 Å². The van der Waals surface area contributed by atoms with Crippen molar-refractivity contribution in [3.8, 4) is 0 Å². The fourth-order valence-corrected chi connectivity index (χ4v) is 1.28. The van der Waals surface area contributed by atoms with Crippen LogP contribution in [0.25, 0.3) is 0 Å². The Bertz CT molecular complexity index is 303. The average Bonchev–Trinajstić information content (AvgIpc) is 2.25. The number of halogens is 1. The molecule has 1 unspecified atom stereocenters. The molecule has 1 aromatic rings. The molecular formula is C11H14BrNO2. The summed E-state index contributed by atoms with van der Waals surface area (Å²) in [5, 5.41) is 0. The van der Waals surface area contributed by atoms with Crippen molar-refractivity contribution in [1.29, 1.82) is 0 Å². The Balaban J connectivity index is 2.15. The summed E-state index contributed by atoms with van der Waals surface area (Å²) in [5.74, 6) is -0.349. The van der Waals surface area contributed by atoms with Gasteiger partial charge >= 0.3 is 0 Å². The summed E-state index contributed by atoms with van der Waals surface area (Å²) in [4.78, 5) is 10.4. The van der Waals surface area contributed by atoms with Crippen molar-refractivity contribution in [1.82, 2.24) is 0 Å². The number of amides is 1. The van der Waals surface area contributed by atoms with Gasteiger partial charge in [0, 0.05) is 6.61 Å². The van der Waals surface area contributed by atoms with Crippen molar-refractivity contribution >= 4 is 21.8 Å². The Morgan fingerprint density at radius 1 is 1.40 bits per heavy atom. The maximum atomic E-state index is 10.7. The molecule has 0 aliphatic heterocycles. The minimum absolute atomic E-state index is 0.298. The quantitative estimate of drug-likeness (QED) is 0.634. The van der Waals surface area contributed by atoms with Gasteiger partial charge in [0.25, 0.3) is 0 Å². The zero-order chi connectivity index (χ0) is 11.1. The second-order valence-electron chi connectivity index (χ2n) is 3.20. The zero-order valence-corrected chi connectivity index (χ0v) is 9.94. The zero-order valence-electron chi connectivity index (χ0n) is 8.36. The van der Waals surface area contributed by atoms with Gasteiger partial charge in [0.15, 0.2) is 0 Å². The molecule has 1 rings (SSSR count). The molecule has 0 bridgehead atoms. The predicted octanol–water partition coefficient (Wildman–Crippen LogP) is 1.84. The lowest BCUT2D eigenvalue weighted by molar-refractivity contribution is -0.117. The molecule has 1 amide bonds. The lowest BCUT2D eigenvalue weighted by atomic mass is 10.2. The van der Waals surface area contributed by atoms with Crippen molar-refractivity contribution < 1.29 is 9.53 Å². The van der Waals surface area contributed by atoms with E-state index >= 15 is 0 Å². The van der Waals surface area contributed by atoms with Gasteiger partial charge in [0.05, 0.1) is 11.4 Å². The van der Waals surface area contributed by atoms with Crippen molar-refractivity contribution in [3.05, 3.63) is 35.9 Å². The molecule has 4 heteroatoms. The van der Waals surface area contributed by atoms with Crippen LogP contribution in [0.1, 0.15) is 12.0 Å². The van der Waals surface area contributed by atoms with E-state index in [4.69, 9.17) is 10.5 Å². The van der Waals surface area contributed by atoms with Crippen LogP contribution in [0.15, 0.2) is 30.3 Å². The Hall–Kier alpha value is -0.870. The van der Waals surface area contributed by atoms with Gasteiger partial charge in [-0.15, -0.1) is 0 Å². The van der Waals surface area contributed by atoms with Crippen molar-refractivity contribution in [2.45, 2.75) is 17.9 Å². The molecule has 0 radical (unpaired) electrons. The van der Waals surface area contributed by atoms with E-state index in [2.05, 4.69) is 15.9 Å². The van der Waals surface area contributed by atoms with E-state index in [1.54, 1.807) is 0 Å². The molecule has 0 spiro atoms. The standard InChI is InChI=1S/C11H14BrNO2/c12-10(11(13)14)6-7-15-8-9-4-2-1-3-5-9/h1-5,10H,6-8H2,(H2,13,14). The van der Waals surface area contributed by atoms with Crippen LogP contribution in [0, 0.1) is 0 Å². The first kappa shape index (κ1) is 12.2. The normalized spacial score (nSPS) is 12.3. The molecule has 1 atom stereocenters. The third-order valence-corrected chi connectivity index (χ3v) is 2.84. The molecule has 0 fully saturated rings. The van der Waals surface area contributed by atoms with Crippen LogP contribution >= 0.6 is 15.9 Å². The first-order valence-electron chi connectivity index (χ1n) is 4.75. The van der Waals surface area contributed by atoms with Gasteiger partial charge in [0.1, 0.15) is 0 Å². The van der Waals surface area contributed by atoms with Crippen molar-refractivity contribution in [3.63, 3.8) is 0 Å². The second kappa shape index (κ2) is 6.58. The highest BCUT2D eigenvalue weighted by Gasteiger charge is 2.09. The Labute approximate surface area is 97.7 Å². The molecule has 0 saturated carbocycles. The third-order valence-electron chi connectivity index (χ3n) is 1.94. The topological polar surface area (TPSA) is 52.3 Å². The van der Waals surface area contributed by atoms with Crippen LogP contribution < -0.4 is 5.73 Å². The van der Waals surface area contributed by atoms with E-state index in [1.165, 1.54) is 0 Å². The molecular weight excluding hydrogens is 258 g/mol. The second-order valence-corrected chi connectivity index (χ2v) is 4.30. The maximum Gasteiger partial charge on any atom is 0.231 e. The summed E-state index contributed by atoms with van der Waals surface area (Å²) in [6.07, 6.45) is 0.599. The van der Waals surface area contributed by atoms with E-state index < -0.39 is 0 Å². The molecule has 0 heterocycles. The SMILES string of the molecule is NC(=O)C(Br)CCOCc1ccccc1. The van der Waals surface area contributed by atoms with Gasteiger partial charge in [0.2, 0.25) is 5.91 Å². The number of ether oxygens (including phenoxy) is 1. The summed E-state index contributed by atoms with van der Waals surface area (Å²) in [6, 6.07) is 9.90. The van der Waals surface area contributed by atoms with Crippen LogP contribution in [0.5, 0.6) is 0 Å². The Kier molecular flexibility index (Phi) is 5.36. The molecule has 82 valence electrons. The summed E-state index contributed by atoms with van der Waals surface area (Å²) in [5.41, 5.74) is 6.22. The number of carbonyl (C=O) groups is 1. The first-order chi connectivity index (χ1) is 7.20. The minimum atomic E-state index is -0.349. The molecule has 15 heavy (non-hydrogen) atoms. The Morgan fingerprint density at radius 2 is 2.07 bits per heavy atom. The van der Waals surface area contributed by atoms with Crippen molar-refractivity contribution in [2.75, 3.05) is 6.61 Å². The molecule has 0 aromatic heterocycles. The number of rotatable bonds is 6. The molecule has 3 nitrogen and oxygen atoms in total. The van der Waals surface area contributed by atoms with E-state index in [0.717, 1.165) is 5.56 Å². The third kappa shape index (κ3) is 4.95. The highest BCUT2D eigenvalue weighted by molar-refractivity contribution is 9.10. The number of hydrogen-bond acceptors (Lipinski definition) is 2. The summed E-state index contributed by atoms with van der Waals surface area (Å²) >= 11 is 3.17. The van der Waals surface area contributed by atoms with Crippen LogP contribution in [-0.4, -0.2) is 17.3 Å². The number of hydrogen-bond donors (Lipinski definition) is 1. The van der Waals surface area contributed by atoms with Gasteiger partial charge in [-0.1, -0.05) is 46.3 Å². The van der Waals surface area contributed by atoms with E-state index in [0.29, 0.717) is 19.6 Å². The van der Waals surface area contributed by atoms with Crippen LogP contribution in [-0.2, 0) is 16.1 Å². The lowest BCUT2D eigenvalue weighted by Crippen LogP contribution is -2.24. The lowest BCUT2D eigenvalue weighted by Gasteiger charge is -2.06. The van der Waals surface area contributed by atoms with Gasteiger partial charge < -0.3 is 10.5 Å². The number of alkyl halides is 1. The van der Waals surface area contributed by atoms with Crippen LogP contribution in [0.3, 0.4) is 0 Å². The highest BCUT2D eigenvalue weighted by atomic mass is 79.9. The minimum Gasteiger partial charge on any atom is -0.377 e.